The molecule has 2 rings (SSSR count). The van der Waals surface area contributed by atoms with Crippen molar-refractivity contribution in [3.63, 3.8) is 0 Å². The number of hydrogen-bond donors (Lipinski definition) is 1. The Morgan fingerprint density at radius 1 is 1.65 bits per heavy atom. The standard InChI is InChI=1S/C12H20N4O/c1-9-3-5-16(10(7-9)8-13)12(17)11-14-4-6-15(11)2/h4,6,9-10H,3,5,7-8,13H2,1-2H3. The Hall–Kier alpha value is -1.36. The first-order valence-corrected chi connectivity index (χ1v) is 6.11. The number of imidazole rings is 1. The zero-order valence-electron chi connectivity index (χ0n) is 10.5. The van der Waals surface area contributed by atoms with Gasteiger partial charge in [0.25, 0.3) is 5.91 Å². The minimum atomic E-state index is -0.000139. The average Bonchev–Trinajstić information content (AvgIpc) is 2.74. The maximum absolute atomic E-state index is 12.3. The van der Waals surface area contributed by atoms with Gasteiger partial charge >= 0.3 is 0 Å². The molecule has 2 unspecified atom stereocenters. The van der Waals surface area contributed by atoms with Gasteiger partial charge in [-0.05, 0) is 18.8 Å². The van der Waals surface area contributed by atoms with Gasteiger partial charge in [0, 0.05) is 38.6 Å². The van der Waals surface area contributed by atoms with Crippen molar-refractivity contribution in [3.05, 3.63) is 18.2 Å². The Morgan fingerprint density at radius 2 is 2.41 bits per heavy atom. The van der Waals surface area contributed by atoms with Gasteiger partial charge in [-0.25, -0.2) is 4.98 Å². The molecule has 0 saturated carbocycles. The molecular formula is C12H20N4O. The van der Waals surface area contributed by atoms with Crippen molar-refractivity contribution in [1.29, 1.82) is 0 Å². The van der Waals surface area contributed by atoms with Crippen LogP contribution in [0.4, 0.5) is 0 Å². The first kappa shape index (κ1) is 12.1. The summed E-state index contributed by atoms with van der Waals surface area (Å²) >= 11 is 0. The highest BCUT2D eigenvalue weighted by atomic mass is 16.2. The van der Waals surface area contributed by atoms with Crippen LogP contribution in [-0.2, 0) is 7.05 Å². The van der Waals surface area contributed by atoms with Crippen LogP contribution in [0.1, 0.15) is 30.4 Å². The van der Waals surface area contributed by atoms with Crippen molar-refractivity contribution in [2.45, 2.75) is 25.8 Å². The fourth-order valence-corrected chi connectivity index (χ4v) is 2.44. The van der Waals surface area contributed by atoms with Crippen LogP contribution >= 0.6 is 0 Å². The smallest absolute Gasteiger partial charge is 0.290 e. The van der Waals surface area contributed by atoms with Gasteiger partial charge in [-0.15, -0.1) is 0 Å². The van der Waals surface area contributed by atoms with Crippen LogP contribution in [0.2, 0.25) is 0 Å². The molecule has 1 aliphatic rings. The van der Waals surface area contributed by atoms with E-state index >= 15 is 0 Å². The molecule has 1 aromatic heterocycles. The zero-order valence-corrected chi connectivity index (χ0v) is 10.5. The summed E-state index contributed by atoms with van der Waals surface area (Å²) in [5.74, 6) is 1.15. The predicted molar refractivity (Wildman–Crippen MR) is 65.5 cm³/mol. The van der Waals surface area contributed by atoms with Crippen molar-refractivity contribution in [3.8, 4) is 0 Å². The number of carbonyl (C=O) groups excluding carboxylic acids is 1. The van der Waals surface area contributed by atoms with E-state index in [0.717, 1.165) is 19.4 Å². The molecule has 1 aromatic rings. The molecule has 2 heterocycles. The van der Waals surface area contributed by atoms with E-state index in [9.17, 15) is 4.79 Å². The number of aryl methyl sites for hydroxylation is 1. The van der Waals surface area contributed by atoms with Crippen LogP contribution in [-0.4, -0.2) is 39.5 Å². The Kier molecular flexibility index (Phi) is 3.47. The van der Waals surface area contributed by atoms with Crippen molar-refractivity contribution in [2.75, 3.05) is 13.1 Å². The van der Waals surface area contributed by atoms with E-state index in [2.05, 4.69) is 11.9 Å². The first-order chi connectivity index (χ1) is 8.13. The minimum Gasteiger partial charge on any atom is -0.332 e. The summed E-state index contributed by atoms with van der Waals surface area (Å²) in [5.41, 5.74) is 5.76. The van der Waals surface area contributed by atoms with Crippen LogP contribution in [0.15, 0.2) is 12.4 Å². The van der Waals surface area contributed by atoms with Crippen LogP contribution in [0.25, 0.3) is 0 Å². The topological polar surface area (TPSA) is 64.2 Å². The Bertz CT molecular complexity index is 401. The van der Waals surface area contributed by atoms with Crippen molar-refractivity contribution < 1.29 is 4.79 Å². The van der Waals surface area contributed by atoms with Crippen LogP contribution in [0.3, 0.4) is 0 Å². The summed E-state index contributed by atoms with van der Waals surface area (Å²) in [5, 5.41) is 0. The molecule has 17 heavy (non-hydrogen) atoms. The van der Waals surface area contributed by atoms with Gasteiger partial charge in [0.15, 0.2) is 5.82 Å². The highest BCUT2D eigenvalue weighted by Crippen LogP contribution is 2.23. The summed E-state index contributed by atoms with van der Waals surface area (Å²) in [6.07, 6.45) is 5.48. The largest absolute Gasteiger partial charge is 0.332 e. The molecular weight excluding hydrogens is 216 g/mol. The second-order valence-electron chi connectivity index (χ2n) is 4.88. The van der Waals surface area contributed by atoms with Crippen molar-refractivity contribution >= 4 is 5.91 Å². The first-order valence-electron chi connectivity index (χ1n) is 6.11. The number of rotatable bonds is 2. The third-order valence-electron chi connectivity index (χ3n) is 3.52. The van der Waals surface area contributed by atoms with Crippen LogP contribution in [0, 0.1) is 5.92 Å². The van der Waals surface area contributed by atoms with Gasteiger partial charge < -0.3 is 15.2 Å². The van der Waals surface area contributed by atoms with E-state index in [0.29, 0.717) is 18.3 Å². The molecule has 94 valence electrons. The number of nitrogens with two attached hydrogens (primary N) is 1. The Balaban J connectivity index is 2.16. The van der Waals surface area contributed by atoms with Crippen LogP contribution < -0.4 is 5.73 Å². The van der Waals surface area contributed by atoms with Gasteiger partial charge in [-0.3, -0.25) is 4.79 Å². The molecule has 5 nitrogen and oxygen atoms in total. The molecule has 0 spiro atoms. The highest BCUT2D eigenvalue weighted by Gasteiger charge is 2.30. The van der Waals surface area contributed by atoms with Crippen molar-refractivity contribution in [2.24, 2.45) is 18.7 Å². The molecule has 2 atom stereocenters. The highest BCUT2D eigenvalue weighted by molar-refractivity contribution is 5.91. The number of carbonyl (C=O) groups is 1. The van der Waals surface area contributed by atoms with Crippen LogP contribution in [0.5, 0.6) is 0 Å². The van der Waals surface area contributed by atoms with Crippen molar-refractivity contribution in [1.82, 2.24) is 14.5 Å². The molecule has 1 fully saturated rings. The molecule has 0 aromatic carbocycles. The summed E-state index contributed by atoms with van der Waals surface area (Å²) in [6, 6.07) is 0.156. The Labute approximate surface area is 102 Å². The summed E-state index contributed by atoms with van der Waals surface area (Å²) < 4.78 is 1.76. The van der Waals surface area contributed by atoms with E-state index in [-0.39, 0.29) is 11.9 Å². The van der Waals surface area contributed by atoms with Gasteiger partial charge in [-0.1, -0.05) is 6.92 Å². The third-order valence-corrected chi connectivity index (χ3v) is 3.52. The maximum atomic E-state index is 12.3. The lowest BCUT2D eigenvalue weighted by Gasteiger charge is -2.37. The third kappa shape index (κ3) is 2.34. The minimum absolute atomic E-state index is 0.000139. The lowest BCUT2D eigenvalue weighted by Crippen LogP contribution is -2.49. The SMILES string of the molecule is CC1CCN(C(=O)c2nccn2C)C(CN)C1. The second-order valence-corrected chi connectivity index (χ2v) is 4.88. The molecule has 2 N–H and O–H groups in total. The van der Waals surface area contributed by atoms with E-state index in [1.54, 1.807) is 17.0 Å². The Morgan fingerprint density at radius 3 is 3.00 bits per heavy atom. The molecule has 0 radical (unpaired) electrons. The van der Waals surface area contributed by atoms with E-state index < -0.39 is 0 Å². The van der Waals surface area contributed by atoms with Gasteiger partial charge in [0.05, 0.1) is 0 Å². The normalized spacial score (nSPS) is 25.0. The fourth-order valence-electron chi connectivity index (χ4n) is 2.44. The predicted octanol–water partition coefficient (Wildman–Crippen LogP) is 0.620. The quantitative estimate of drug-likeness (QED) is 0.818. The maximum Gasteiger partial charge on any atom is 0.290 e. The second kappa shape index (κ2) is 4.87. The number of nitrogens with zero attached hydrogens (tertiary/aromatic N) is 3. The molecule has 1 amide bonds. The zero-order chi connectivity index (χ0) is 12.4. The summed E-state index contributed by atoms with van der Waals surface area (Å²) in [7, 11) is 1.84. The number of likely N-dealkylation sites (tertiary alicyclic amines) is 1. The van der Waals surface area contributed by atoms with E-state index in [1.807, 2.05) is 11.9 Å². The molecule has 0 aliphatic carbocycles. The van der Waals surface area contributed by atoms with E-state index in [4.69, 9.17) is 5.73 Å². The number of aromatic nitrogens is 2. The number of amides is 1. The van der Waals surface area contributed by atoms with Gasteiger partial charge in [-0.2, -0.15) is 0 Å². The molecule has 1 saturated heterocycles. The lowest BCUT2D eigenvalue weighted by molar-refractivity contribution is 0.0557. The average molecular weight is 236 g/mol. The van der Waals surface area contributed by atoms with Gasteiger partial charge in [0.1, 0.15) is 0 Å². The summed E-state index contributed by atoms with van der Waals surface area (Å²) in [4.78, 5) is 18.3. The molecule has 0 bridgehead atoms. The number of piperidine rings is 1. The van der Waals surface area contributed by atoms with Gasteiger partial charge in [0.2, 0.25) is 0 Å². The number of hydrogen-bond acceptors (Lipinski definition) is 3. The lowest BCUT2D eigenvalue weighted by atomic mass is 9.92. The fraction of sp³-hybridized carbons (Fsp3) is 0.667. The summed E-state index contributed by atoms with van der Waals surface area (Å²) in [6.45, 7) is 3.53. The van der Waals surface area contributed by atoms with E-state index in [1.165, 1.54) is 0 Å². The molecule has 1 aliphatic heterocycles. The monoisotopic (exact) mass is 236 g/mol. The molecule has 5 heteroatoms.